The largest absolute Gasteiger partial charge is 0.379 e. The van der Waals surface area contributed by atoms with Crippen LogP contribution in [0.4, 0.5) is 0 Å². The molecule has 1 unspecified atom stereocenters. The van der Waals surface area contributed by atoms with Gasteiger partial charge in [0.05, 0.1) is 18.7 Å². The van der Waals surface area contributed by atoms with Crippen LogP contribution >= 0.6 is 0 Å². The molecule has 1 aliphatic rings. The molecule has 7 nitrogen and oxygen atoms in total. The fraction of sp³-hybridized carbons (Fsp3) is 0.588. The van der Waals surface area contributed by atoms with E-state index in [0.29, 0.717) is 18.5 Å². The zero-order chi connectivity index (χ0) is 16.9. The highest BCUT2D eigenvalue weighted by atomic mass is 16.5. The Bertz CT molecular complexity index is 678. The van der Waals surface area contributed by atoms with E-state index in [1.54, 1.807) is 4.68 Å². The predicted molar refractivity (Wildman–Crippen MR) is 91.6 cm³/mol. The number of benzene rings is 1. The minimum Gasteiger partial charge on any atom is -0.379 e. The molecular formula is C17H25N5O2. The molecule has 0 saturated carbocycles. The van der Waals surface area contributed by atoms with E-state index in [9.17, 15) is 4.79 Å². The second kappa shape index (κ2) is 7.72. The minimum absolute atomic E-state index is 0.0374. The SMILES string of the molecule is CC(C)C(CNC(=O)Cn1nnc2ccccc21)N1CCOCC1. The van der Waals surface area contributed by atoms with E-state index >= 15 is 0 Å². The van der Waals surface area contributed by atoms with E-state index in [1.807, 2.05) is 24.3 Å². The number of hydrogen-bond donors (Lipinski definition) is 1. The number of nitrogens with zero attached hydrogens (tertiary/aromatic N) is 4. The van der Waals surface area contributed by atoms with Gasteiger partial charge in [0.1, 0.15) is 12.1 Å². The van der Waals surface area contributed by atoms with Crippen molar-refractivity contribution in [2.24, 2.45) is 5.92 Å². The molecule has 130 valence electrons. The molecule has 2 aromatic rings. The van der Waals surface area contributed by atoms with Crippen LogP contribution < -0.4 is 5.32 Å². The lowest BCUT2D eigenvalue weighted by Gasteiger charge is -2.36. The van der Waals surface area contributed by atoms with Gasteiger partial charge in [-0.3, -0.25) is 9.69 Å². The van der Waals surface area contributed by atoms with E-state index in [4.69, 9.17) is 4.74 Å². The average molecular weight is 331 g/mol. The average Bonchev–Trinajstić information content (AvgIpc) is 2.99. The number of carbonyl (C=O) groups excluding carboxylic acids is 1. The molecule has 0 radical (unpaired) electrons. The molecule has 7 heteroatoms. The van der Waals surface area contributed by atoms with Gasteiger partial charge in [-0.05, 0) is 18.1 Å². The maximum absolute atomic E-state index is 12.3. The molecule has 1 amide bonds. The Morgan fingerprint density at radius 3 is 2.79 bits per heavy atom. The van der Waals surface area contributed by atoms with E-state index in [0.717, 1.165) is 37.3 Å². The maximum atomic E-state index is 12.3. The molecule has 0 bridgehead atoms. The van der Waals surface area contributed by atoms with E-state index in [2.05, 4.69) is 34.4 Å². The number of rotatable bonds is 6. The number of carbonyl (C=O) groups is 1. The third-order valence-electron chi connectivity index (χ3n) is 4.51. The van der Waals surface area contributed by atoms with Gasteiger partial charge < -0.3 is 10.1 Å². The number of morpholine rings is 1. The van der Waals surface area contributed by atoms with Gasteiger partial charge in [-0.15, -0.1) is 5.10 Å². The third kappa shape index (κ3) is 3.91. The Kier molecular flexibility index (Phi) is 5.42. The lowest BCUT2D eigenvalue weighted by Crippen LogP contribution is -2.51. The normalized spacial score (nSPS) is 17.3. The zero-order valence-corrected chi connectivity index (χ0v) is 14.3. The summed E-state index contributed by atoms with van der Waals surface area (Å²) in [6.07, 6.45) is 0. The van der Waals surface area contributed by atoms with Crippen LogP contribution in [0.2, 0.25) is 0 Å². The van der Waals surface area contributed by atoms with Crippen molar-refractivity contribution >= 4 is 16.9 Å². The Morgan fingerprint density at radius 2 is 2.04 bits per heavy atom. The smallest absolute Gasteiger partial charge is 0.241 e. The number of para-hydroxylation sites is 1. The van der Waals surface area contributed by atoms with Crippen molar-refractivity contribution < 1.29 is 9.53 Å². The lowest BCUT2D eigenvalue weighted by molar-refractivity contribution is -0.122. The second-order valence-electron chi connectivity index (χ2n) is 6.50. The molecule has 0 spiro atoms. The summed E-state index contributed by atoms with van der Waals surface area (Å²) in [4.78, 5) is 14.7. The fourth-order valence-electron chi connectivity index (χ4n) is 3.14. The first-order valence-electron chi connectivity index (χ1n) is 8.52. The summed E-state index contributed by atoms with van der Waals surface area (Å²) in [7, 11) is 0. The topological polar surface area (TPSA) is 72.3 Å². The molecule has 1 fully saturated rings. The van der Waals surface area contributed by atoms with Crippen molar-refractivity contribution in [1.29, 1.82) is 0 Å². The van der Waals surface area contributed by atoms with Crippen molar-refractivity contribution in [2.75, 3.05) is 32.8 Å². The van der Waals surface area contributed by atoms with Crippen LogP contribution in [-0.2, 0) is 16.1 Å². The fourth-order valence-corrected chi connectivity index (χ4v) is 3.14. The molecule has 1 saturated heterocycles. The van der Waals surface area contributed by atoms with Gasteiger partial charge in [-0.25, -0.2) is 4.68 Å². The van der Waals surface area contributed by atoms with Crippen LogP contribution in [0, 0.1) is 5.92 Å². The zero-order valence-electron chi connectivity index (χ0n) is 14.3. The predicted octanol–water partition coefficient (Wildman–Crippen LogP) is 0.904. The first-order chi connectivity index (χ1) is 11.6. The van der Waals surface area contributed by atoms with Gasteiger partial charge in [0.2, 0.25) is 5.91 Å². The summed E-state index contributed by atoms with van der Waals surface area (Å²) in [5, 5.41) is 11.2. The number of aromatic nitrogens is 3. The van der Waals surface area contributed by atoms with E-state index in [1.165, 1.54) is 0 Å². The van der Waals surface area contributed by atoms with Gasteiger partial charge >= 0.3 is 0 Å². The van der Waals surface area contributed by atoms with Crippen LogP contribution in [-0.4, -0.2) is 64.7 Å². The highest BCUT2D eigenvalue weighted by molar-refractivity contribution is 5.79. The standard InChI is InChI=1S/C17H25N5O2/c1-13(2)16(21-7-9-24-10-8-21)11-18-17(23)12-22-15-6-4-3-5-14(15)19-20-22/h3-6,13,16H,7-12H2,1-2H3,(H,18,23). The molecule has 1 aromatic carbocycles. The monoisotopic (exact) mass is 331 g/mol. The van der Waals surface area contributed by atoms with E-state index in [-0.39, 0.29) is 12.5 Å². The highest BCUT2D eigenvalue weighted by Crippen LogP contribution is 2.12. The van der Waals surface area contributed by atoms with Gasteiger partial charge in [-0.1, -0.05) is 31.2 Å². The lowest BCUT2D eigenvalue weighted by atomic mass is 10.0. The summed E-state index contributed by atoms with van der Waals surface area (Å²) < 4.78 is 7.06. The van der Waals surface area contributed by atoms with E-state index < -0.39 is 0 Å². The van der Waals surface area contributed by atoms with Crippen LogP contribution in [0.3, 0.4) is 0 Å². The van der Waals surface area contributed by atoms with Crippen molar-refractivity contribution in [3.8, 4) is 0 Å². The van der Waals surface area contributed by atoms with Crippen molar-refractivity contribution in [3.05, 3.63) is 24.3 Å². The molecule has 24 heavy (non-hydrogen) atoms. The Hall–Kier alpha value is -1.99. The number of amides is 1. The van der Waals surface area contributed by atoms with Gasteiger partial charge in [-0.2, -0.15) is 0 Å². The number of fused-ring (bicyclic) bond motifs is 1. The molecule has 0 aliphatic carbocycles. The Labute approximate surface area is 142 Å². The molecular weight excluding hydrogens is 306 g/mol. The first-order valence-corrected chi connectivity index (χ1v) is 8.52. The summed E-state index contributed by atoms with van der Waals surface area (Å²) in [6, 6.07) is 7.98. The molecule has 1 atom stereocenters. The minimum atomic E-state index is -0.0374. The summed E-state index contributed by atoms with van der Waals surface area (Å²) in [5.74, 6) is 0.431. The summed E-state index contributed by atoms with van der Waals surface area (Å²) >= 11 is 0. The van der Waals surface area contributed by atoms with Gasteiger partial charge in [0.15, 0.2) is 0 Å². The number of nitrogens with one attached hydrogen (secondary N) is 1. The number of ether oxygens (including phenoxy) is 1. The molecule has 3 rings (SSSR count). The molecule has 1 aliphatic heterocycles. The van der Waals surface area contributed by atoms with Crippen LogP contribution in [0.5, 0.6) is 0 Å². The summed E-state index contributed by atoms with van der Waals surface area (Å²) in [5.41, 5.74) is 1.68. The first kappa shape index (κ1) is 16.9. The van der Waals surface area contributed by atoms with Gasteiger partial charge in [0.25, 0.3) is 0 Å². The van der Waals surface area contributed by atoms with Crippen molar-refractivity contribution in [3.63, 3.8) is 0 Å². The molecule has 2 heterocycles. The van der Waals surface area contributed by atoms with Crippen LogP contribution in [0.15, 0.2) is 24.3 Å². The van der Waals surface area contributed by atoms with Crippen molar-refractivity contribution in [2.45, 2.75) is 26.4 Å². The van der Waals surface area contributed by atoms with Crippen LogP contribution in [0.1, 0.15) is 13.8 Å². The third-order valence-corrected chi connectivity index (χ3v) is 4.51. The Morgan fingerprint density at radius 1 is 1.29 bits per heavy atom. The Balaban J connectivity index is 1.57. The molecule has 1 aromatic heterocycles. The number of hydrogen-bond acceptors (Lipinski definition) is 5. The summed E-state index contributed by atoms with van der Waals surface area (Å²) in [6.45, 7) is 8.59. The van der Waals surface area contributed by atoms with Gasteiger partial charge in [0, 0.05) is 25.7 Å². The quantitative estimate of drug-likeness (QED) is 0.852. The highest BCUT2D eigenvalue weighted by Gasteiger charge is 2.24. The second-order valence-corrected chi connectivity index (χ2v) is 6.50. The molecule has 1 N–H and O–H groups in total. The maximum Gasteiger partial charge on any atom is 0.241 e. The van der Waals surface area contributed by atoms with Crippen molar-refractivity contribution in [1.82, 2.24) is 25.2 Å². The van der Waals surface area contributed by atoms with Crippen LogP contribution in [0.25, 0.3) is 11.0 Å².